The Kier molecular flexibility index (Phi) is 15.0. The quantitative estimate of drug-likeness (QED) is 0.228. The van der Waals surface area contributed by atoms with Crippen LogP contribution in [0.4, 0.5) is 0 Å². The lowest BCUT2D eigenvalue weighted by molar-refractivity contribution is -0.140. The average molecular weight is 305 g/mol. The number of carbonyl (C=O) groups is 1. The lowest BCUT2D eigenvalue weighted by Gasteiger charge is -2.07. The summed E-state index contributed by atoms with van der Waals surface area (Å²) in [6, 6.07) is 0. The first-order valence-corrected chi connectivity index (χ1v) is 8.85. The van der Waals surface area contributed by atoms with Crippen molar-refractivity contribution < 1.29 is 9.53 Å². The summed E-state index contributed by atoms with van der Waals surface area (Å²) in [6.07, 6.45) is 16.0. The first-order chi connectivity index (χ1) is 9.70. The highest BCUT2D eigenvalue weighted by Gasteiger charge is 2.10. The number of rotatable bonds is 14. The number of hydrogen-bond donors (Lipinski definition) is 0. The van der Waals surface area contributed by atoms with Crippen LogP contribution in [0.2, 0.25) is 0 Å². The van der Waals surface area contributed by atoms with E-state index in [1.165, 1.54) is 71.3 Å². The van der Waals surface area contributed by atoms with Crippen LogP contribution in [0.5, 0.6) is 0 Å². The number of methoxy groups -OCH3 is 1. The fourth-order valence-electron chi connectivity index (χ4n) is 2.40. The molecule has 0 aromatic rings. The number of alkyl halides is 1. The molecule has 0 heterocycles. The zero-order chi connectivity index (χ0) is 15.1. The van der Waals surface area contributed by atoms with Gasteiger partial charge in [-0.15, -0.1) is 11.6 Å². The van der Waals surface area contributed by atoms with Crippen molar-refractivity contribution in [2.45, 2.75) is 95.8 Å². The topological polar surface area (TPSA) is 26.3 Å². The van der Waals surface area contributed by atoms with Crippen LogP contribution >= 0.6 is 11.6 Å². The zero-order valence-corrected chi connectivity index (χ0v) is 14.2. The third-order valence-electron chi connectivity index (χ3n) is 3.74. The molecule has 2 nitrogen and oxygen atoms in total. The number of ether oxygens (including phenoxy) is 1. The molecule has 0 radical (unpaired) electrons. The zero-order valence-electron chi connectivity index (χ0n) is 13.5. The molecule has 3 heteroatoms. The van der Waals surface area contributed by atoms with Crippen molar-refractivity contribution in [2.24, 2.45) is 0 Å². The van der Waals surface area contributed by atoms with Gasteiger partial charge in [0.2, 0.25) is 0 Å². The van der Waals surface area contributed by atoms with Crippen LogP contribution in [0.15, 0.2) is 0 Å². The van der Waals surface area contributed by atoms with Gasteiger partial charge in [-0.2, -0.15) is 0 Å². The molecular weight excluding hydrogens is 272 g/mol. The van der Waals surface area contributed by atoms with E-state index in [-0.39, 0.29) is 11.3 Å². The van der Waals surface area contributed by atoms with Crippen molar-refractivity contribution in [1.82, 2.24) is 0 Å². The van der Waals surface area contributed by atoms with Crippen molar-refractivity contribution in [3.63, 3.8) is 0 Å². The summed E-state index contributed by atoms with van der Waals surface area (Å²) in [4.78, 5) is 11.0. The molecule has 0 bridgehead atoms. The molecule has 0 rings (SSSR count). The fraction of sp³-hybridized carbons (Fsp3) is 0.941. The van der Waals surface area contributed by atoms with Crippen LogP contribution in [0.25, 0.3) is 0 Å². The van der Waals surface area contributed by atoms with Crippen LogP contribution in [0.3, 0.4) is 0 Å². The Labute approximate surface area is 130 Å². The van der Waals surface area contributed by atoms with E-state index in [1.807, 2.05) is 0 Å². The van der Waals surface area contributed by atoms with Crippen molar-refractivity contribution in [3.8, 4) is 0 Å². The number of unbranched alkanes of at least 4 members (excludes halogenated alkanes) is 10. The smallest absolute Gasteiger partial charge is 0.307 e. The van der Waals surface area contributed by atoms with E-state index in [4.69, 9.17) is 11.6 Å². The standard InChI is InChI=1S/C17H33ClO2/c1-3-4-5-6-7-8-9-10-11-12-13-14-16(18)15-17(19)20-2/h16H,3-15H2,1-2H3. The molecular formula is C17H33ClO2. The minimum Gasteiger partial charge on any atom is -0.469 e. The Morgan fingerprint density at radius 1 is 0.900 bits per heavy atom. The second kappa shape index (κ2) is 15.2. The normalized spacial score (nSPS) is 12.3. The molecule has 0 aliphatic carbocycles. The largest absolute Gasteiger partial charge is 0.469 e. The predicted molar refractivity (Wildman–Crippen MR) is 87.4 cm³/mol. The molecule has 0 aliphatic heterocycles. The lowest BCUT2D eigenvalue weighted by Crippen LogP contribution is -2.09. The van der Waals surface area contributed by atoms with Crippen LogP contribution in [-0.4, -0.2) is 18.5 Å². The summed E-state index contributed by atoms with van der Waals surface area (Å²) < 4.78 is 4.60. The van der Waals surface area contributed by atoms with Crippen LogP contribution in [-0.2, 0) is 9.53 Å². The monoisotopic (exact) mass is 304 g/mol. The fourth-order valence-corrected chi connectivity index (χ4v) is 2.68. The predicted octanol–water partition coefficient (Wildman–Crippen LogP) is 5.86. The molecule has 0 N–H and O–H groups in total. The van der Waals surface area contributed by atoms with Gasteiger partial charge in [0.05, 0.1) is 13.5 Å². The molecule has 0 fully saturated rings. The summed E-state index contributed by atoms with van der Waals surface area (Å²) in [7, 11) is 1.41. The van der Waals surface area contributed by atoms with E-state index in [0.29, 0.717) is 6.42 Å². The van der Waals surface area contributed by atoms with Crippen LogP contribution in [0.1, 0.15) is 90.4 Å². The maximum absolute atomic E-state index is 11.0. The summed E-state index contributed by atoms with van der Waals surface area (Å²) >= 11 is 6.08. The highest BCUT2D eigenvalue weighted by atomic mass is 35.5. The Morgan fingerprint density at radius 3 is 1.80 bits per heavy atom. The Bertz CT molecular complexity index is 219. The van der Waals surface area contributed by atoms with E-state index in [2.05, 4.69) is 11.7 Å². The summed E-state index contributed by atoms with van der Waals surface area (Å²) in [6.45, 7) is 2.26. The van der Waals surface area contributed by atoms with Gasteiger partial charge in [-0.25, -0.2) is 0 Å². The Balaban J connectivity index is 3.14. The van der Waals surface area contributed by atoms with Gasteiger partial charge >= 0.3 is 5.97 Å². The number of halogens is 1. The van der Waals surface area contributed by atoms with E-state index in [0.717, 1.165) is 12.8 Å². The van der Waals surface area contributed by atoms with Gasteiger partial charge in [0.1, 0.15) is 0 Å². The highest BCUT2D eigenvalue weighted by Crippen LogP contribution is 2.15. The molecule has 1 atom stereocenters. The summed E-state index contributed by atoms with van der Waals surface area (Å²) in [5.41, 5.74) is 0. The number of esters is 1. The molecule has 120 valence electrons. The molecule has 0 spiro atoms. The van der Waals surface area contributed by atoms with E-state index in [1.54, 1.807) is 0 Å². The Hall–Kier alpha value is -0.240. The first-order valence-electron chi connectivity index (χ1n) is 8.41. The van der Waals surface area contributed by atoms with Crippen molar-refractivity contribution in [1.29, 1.82) is 0 Å². The van der Waals surface area contributed by atoms with Crippen molar-refractivity contribution in [2.75, 3.05) is 7.11 Å². The molecule has 0 aromatic heterocycles. The summed E-state index contributed by atoms with van der Waals surface area (Å²) in [5, 5.41) is -0.0546. The highest BCUT2D eigenvalue weighted by molar-refractivity contribution is 6.21. The molecule has 0 amide bonds. The maximum Gasteiger partial charge on any atom is 0.307 e. The number of carbonyl (C=O) groups excluding carboxylic acids is 1. The minimum atomic E-state index is -0.201. The van der Waals surface area contributed by atoms with Crippen molar-refractivity contribution >= 4 is 17.6 Å². The van der Waals surface area contributed by atoms with Crippen molar-refractivity contribution in [3.05, 3.63) is 0 Å². The molecule has 1 unspecified atom stereocenters. The van der Waals surface area contributed by atoms with Gasteiger partial charge in [0, 0.05) is 5.38 Å². The molecule has 20 heavy (non-hydrogen) atoms. The van der Waals surface area contributed by atoms with Crippen LogP contribution < -0.4 is 0 Å². The SMILES string of the molecule is CCCCCCCCCCCCCC(Cl)CC(=O)OC. The van der Waals surface area contributed by atoms with Gasteiger partial charge in [-0.05, 0) is 6.42 Å². The second-order valence-electron chi connectivity index (χ2n) is 5.70. The third-order valence-corrected chi connectivity index (χ3v) is 4.11. The third kappa shape index (κ3) is 14.2. The van der Waals surface area contributed by atoms with E-state index < -0.39 is 0 Å². The van der Waals surface area contributed by atoms with Gasteiger partial charge < -0.3 is 4.74 Å². The Morgan fingerprint density at radius 2 is 1.35 bits per heavy atom. The van der Waals surface area contributed by atoms with Gasteiger partial charge in [-0.3, -0.25) is 4.79 Å². The molecule has 0 saturated carbocycles. The van der Waals surface area contributed by atoms with Gasteiger partial charge in [0.15, 0.2) is 0 Å². The number of hydrogen-bond acceptors (Lipinski definition) is 2. The maximum atomic E-state index is 11.0. The van der Waals surface area contributed by atoms with Crippen LogP contribution in [0, 0.1) is 0 Å². The average Bonchev–Trinajstić information content (AvgIpc) is 2.44. The van der Waals surface area contributed by atoms with E-state index >= 15 is 0 Å². The molecule has 0 aliphatic rings. The van der Waals surface area contributed by atoms with E-state index in [9.17, 15) is 4.79 Å². The lowest BCUT2D eigenvalue weighted by atomic mass is 10.0. The second-order valence-corrected chi connectivity index (χ2v) is 6.32. The van der Waals surface area contributed by atoms with Gasteiger partial charge in [-0.1, -0.05) is 77.6 Å². The van der Waals surface area contributed by atoms with Gasteiger partial charge in [0.25, 0.3) is 0 Å². The molecule has 0 aromatic carbocycles. The minimum absolute atomic E-state index is 0.0546. The first kappa shape index (κ1) is 19.8. The molecule has 0 saturated heterocycles. The summed E-state index contributed by atoms with van der Waals surface area (Å²) in [5.74, 6) is -0.201.